The molecule has 0 aliphatic rings. The molecule has 0 radical (unpaired) electrons. The molecular formula is C11H14N6O2. The summed E-state index contributed by atoms with van der Waals surface area (Å²) in [4.78, 5) is 10.5. The van der Waals surface area contributed by atoms with E-state index in [0.29, 0.717) is 22.6 Å². The third-order valence-corrected chi connectivity index (χ3v) is 2.84. The van der Waals surface area contributed by atoms with Gasteiger partial charge in [0.25, 0.3) is 5.69 Å². The second kappa shape index (κ2) is 4.73. The molecule has 1 atom stereocenters. The number of nitrogens with zero attached hydrogens (tertiary/aromatic N) is 5. The first-order valence-electron chi connectivity index (χ1n) is 5.71. The zero-order valence-corrected chi connectivity index (χ0v) is 10.9. The molecule has 100 valence electrons. The standard InChI is InChI=1S/C11H14N6O2/c1-6-5-10(17(18)19)7(2)4-9(6)16-11(8(3)12)13-14-15-16/h4-5,8H,12H2,1-3H3. The zero-order valence-electron chi connectivity index (χ0n) is 10.9. The molecule has 0 bridgehead atoms. The van der Waals surface area contributed by atoms with Crippen LogP contribution in [0.2, 0.25) is 0 Å². The van der Waals surface area contributed by atoms with Crippen LogP contribution in [-0.2, 0) is 0 Å². The number of benzene rings is 1. The van der Waals surface area contributed by atoms with Gasteiger partial charge in [-0.2, -0.15) is 4.68 Å². The molecule has 1 heterocycles. The van der Waals surface area contributed by atoms with Gasteiger partial charge >= 0.3 is 0 Å². The Hall–Kier alpha value is -2.35. The van der Waals surface area contributed by atoms with Crippen molar-refractivity contribution in [1.29, 1.82) is 0 Å². The molecule has 0 saturated carbocycles. The van der Waals surface area contributed by atoms with Crippen LogP contribution in [0.5, 0.6) is 0 Å². The molecule has 2 rings (SSSR count). The lowest BCUT2D eigenvalue weighted by molar-refractivity contribution is -0.385. The first kappa shape index (κ1) is 13.1. The molecule has 8 heteroatoms. The minimum Gasteiger partial charge on any atom is -0.321 e. The van der Waals surface area contributed by atoms with Crippen LogP contribution in [-0.4, -0.2) is 25.1 Å². The molecule has 2 N–H and O–H groups in total. The number of rotatable bonds is 3. The van der Waals surface area contributed by atoms with Gasteiger partial charge in [0.1, 0.15) is 0 Å². The largest absolute Gasteiger partial charge is 0.321 e. The second-order valence-electron chi connectivity index (χ2n) is 4.42. The molecule has 1 aromatic carbocycles. The van der Waals surface area contributed by atoms with E-state index in [-0.39, 0.29) is 11.7 Å². The van der Waals surface area contributed by atoms with Crippen LogP contribution in [0.1, 0.15) is 29.9 Å². The van der Waals surface area contributed by atoms with Crippen molar-refractivity contribution in [3.63, 3.8) is 0 Å². The SMILES string of the molecule is Cc1cc([N+](=O)[O-])c(C)cc1-n1nnnc1C(C)N. The highest BCUT2D eigenvalue weighted by molar-refractivity contribution is 5.52. The van der Waals surface area contributed by atoms with Crippen LogP contribution in [0.4, 0.5) is 5.69 Å². The van der Waals surface area contributed by atoms with Crippen molar-refractivity contribution in [1.82, 2.24) is 20.2 Å². The van der Waals surface area contributed by atoms with Crippen molar-refractivity contribution >= 4 is 5.69 Å². The van der Waals surface area contributed by atoms with Gasteiger partial charge in [-0.15, -0.1) is 5.10 Å². The summed E-state index contributed by atoms with van der Waals surface area (Å²) < 4.78 is 1.51. The van der Waals surface area contributed by atoms with E-state index in [4.69, 9.17) is 5.73 Å². The molecule has 0 spiro atoms. The summed E-state index contributed by atoms with van der Waals surface area (Å²) in [5.41, 5.74) is 7.83. The highest BCUT2D eigenvalue weighted by Crippen LogP contribution is 2.25. The fourth-order valence-electron chi connectivity index (χ4n) is 1.86. The molecule has 8 nitrogen and oxygen atoms in total. The summed E-state index contributed by atoms with van der Waals surface area (Å²) >= 11 is 0. The lowest BCUT2D eigenvalue weighted by atomic mass is 10.1. The van der Waals surface area contributed by atoms with E-state index in [1.165, 1.54) is 10.7 Å². The Kier molecular flexibility index (Phi) is 3.26. The van der Waals surface area contributed by atoms with Gasteiger partial charge in [0, 0.05) is 11.6 Å². The van der Waals surface area contributed by atoms with Gasteiger partial charge in [-0.25, -0.2) is 0 Å². The second-order valence-corrected chi connectivity index (χ2v) is 4.42. The number of aromatic nitrogens is 4. The number of hydrogen-bond acceptors (Lipinski definition) is 6. The van der Waals surface area contributed by atoms with Gasteiger partial charge in [-0.05, 0) is 42.8 Å². The molecule has 0 aliphatic heterocycles. The molecule has 2 aromatic rings. The van der Waals surface area contributed by atoms with Crippen LogP contribution in [0.15, 0.2) is 12.1 Å². The molecule has 1 aromatic heterocycles. The number of nitro benzene ring substituents is 1. The molecule has 19 heavy (non-hydrogen) atoms. The maximum Gasteiger partial charge on any atom is 0.272 e. The quantitative estimate of drug-likeness (QED) is 0.657. The lowest BCUT2D eigenvalue weighted by Crippen LogP contribution is -2.14. The van der Waals surface area contributed by atoms with Gasteiger partial charge in [-0.1, -0.05) is 0 Å². The Morgan fingerprint density at radius 3 is 2.63 bits per heavy atom. The first-order valence-corrected chi connectivity index (χ1v) is 5.71. The summed E-state index contributed by atoms with van der Waals surface area (Å²) in [5, 5.41) is 22.2. The monoisotopic (exact) mass is 262 g/mol. The highest BCUT2D eigenvalue weighted by atomic mass is 16.6. The van der Waals surface area contributed by atoms with E-state index >= 15 is 0 Å². The Bertz CT molecular complexity index is 634. The van der Waals surface area contributed by atoms with Crippen molar-refractivity contribution in [3.05, 3.63) is 39.2 Å². The Labute approximate surface area is 109 Å². The third-order valence-electron chi connectivity index (χ3n) is 2.84. The van der Waals surface area contributed by atoms with Crippen LogP contribution in [0, 0.1) is 24.0 Å². The number of tetrazole rings is 1. The predicted octanol–water partition coefficient (Wildman–Crippen LogP) is 1.21. The van der Waals surface area contributed by atoms with Crippen LogP contribution < -0.4 is 5.73 Å². The molecule has 0 saturated heterocycles. The van der Waals surface area contributed by atoms with Gasteiger partial charge in [0.15, 0.2) is 5.82 Å². The van der Waals surface area contributed by atoms with Gasteiger partial charge in [0.2, 0.25) is 0 Å². The van der Waals surface area contributed by atoms with Crippen LogP contribution in [0.25, 0.3) is 5.69 Å². The summed E-state index contributed by atoms with van der Waals surface area (Å²) in [6, 6.07) is 2.87. The Morgan fingerprint density at radius 1 is 1.37 bits per heavy atom. The normalized spacial score (nSPS) is 12.4. The van der Waals surface area contributed by atoms with Crippen molar-refractivity contribution in [3.8, 4) is 5.69 Å². The minimum absolute atomic E-state index is 0.0803. The molecule has 1 unspecified atom stereocenters. The van der Waals surface area contributed by atoms with E-state index in [2.05, 4.69) is 15.5 Å². The molecule has 0 fully saturated rings. The highest BCUT2D eigenvalue weighted by Gasteiger charge is 2.18. The molecule has 0 amide bonds. The Balaban J connectivity index is 2.61. The van der Waals surface area contributed by atoms with Gasteiger partial charge < -0.3 is 5.73 Å². The fraction of sp³-hybridized carbons (Fsp3) is 0.364. The number of aryl methyl sites for hydroxylation is 2. The lowest BCUT2D eigenvalue weighted by Gasteiger charge is -2.10. The van der Waals surface area contributed by atoms with Crippen molar-refractivity contribution in [2.24, 2.45) is 5.73 Å². The van der Waals surface area contributed by atoms with Crippen molar-refractivity contribution in [2.45, 2.75) is 26.8 Å². The van der Waals surface area contributed by atoms with Crippen molar-refractivity contribution in [2.75, 3.05) is 0 Å². The van der Waals surface area contributed by atoms with E-state index in [0.717, 1.165) is 0 Å². The van der Waals surface area contributed by atoms with E-state index < -0.39 is 4.92 Å². The van der Waals surface area contributed by atoms with E-state index in [1.54, 1.807) is 26.8 Å². The minimum atomic E-state index is -0.405. The van der Waals surface area contributed by atoms with E-state index in [1.807, 2.05) is 0 Å². The molecule has 0 aliphatic carbocycles. The summed E-state index contributed by atoms with van der Waals surface area (Å²) in [5.74, 6) is 0.511. The average molecular weight is 262 g/mol. The van der Waals surface area contributed by atoms with Crippen LogP contribution >= 0.6 is 0 Å². The number of nitro groups is 1. The van der Waals surface area contributed by atoms with E-state index in [9.17, 15) is 10.1 Å². The fourth-order valence-corrected chi connectivity index (χ4v) is 1.86. The molecular weight excluding hydrogens is 248 g/mol. The number of nitrogens with two attached hydrogens (primary N) is 1. The first-order chi connectivity index (χ1) is 8.91. The van der Waals surface area contributed by atoms with Crippen molar-refractivity contribution < 1.29 is 4.92 Å². The summed E-state index contributed by atoms with van der Waals surface area (Å²) in [6.07, 6.45) is 0. The average Bonchev–Trinajstić information content (AvgIpc) is 2.80. The van der Waals surface area contributed by atoms with Crippen LogP contribution in [0.3, 0.4) is 0 Å². The summed E-state index contributed by atoms with van der Waals surface area (Å²) in [6.45, 7) is 5.22. The zero-order chi connectivity index (χ0) is 14.2. The maximum atomic E-state index is 10.9. The van der Waals surface area contributed by atoms with Gasteiger partial charge in [0.05, 0.1) is 16.7 Å². The Morgan fingerprint density at radius 2 is 2.05 bits per heavy atom. The third kappa shape index (κ3) is 2.29. The van der Waals surface area contributed by atoms with Gasteiger partial charge in [-0.3, -0.25) is 10.1 Å². The smallest absolute Gasteiger partial charge is 0.272 e. The maximum absolute atomic E-state index is 10.9. The topological polar surface area (TPSA) is 113 Å². The number of hydrogen-bond donors (Lipinski definition) is 1. The summed E-state index contributed by atoms with van der Waals surface area (Å²) in [7, 11) is 0. The predicted molar refractivity (Wildman–Crippen MR) is 67.9 cm³/mol.